The Morgan fingerprint density at radius 2 is 2.11 bits per heavy atom. The molecule has 0 saturated heterocycles. The highest BCUT2D eigenvalue weighted by Gasteiger charge is 2.18. The van der Waals surface area contributed by atoms with E-state index in [9.17, 15) is 8.42 Å². The standard InChI is InChI=1S/C10H18N4O2S.ClH/c1-7-4-9(10(11)13-5-7)17(15,16)14-6-8(2)12-3;/h4-5,8,12,14H,6H2,1-3H3,(H2,11,13);1H. The van der Waals surface area contributed by atoms with Gasteiger partial charge in [0.1, 0.15) is 10.7 Å². The second kappa shape index (κ2) is 6.89. The van der Waals surface area contributed by atoms with Gasteiger partial charge in [-0.05, 0) is 32.5 Å². The average Bonchev–Trinajstić information content (AvgIpc) is 2.29. The molecule has 0 aliphatic rings. The second-order valence-corrected chi connectivity index (χ2v) is 5.67. The number of nitrogen functional groups attached to an aromatic ring is 1. The van der Waals surface area contributed by atoms with Gasteiger partial charge in [-0.2, -0.15) is 0 Å². The molecule has 4 N–H and O–H groups in total. The number of nitrogens with two attached hydrogens (primary N) is 1. The third kappa shape index (κ3) is 4.41. The molecule has 0 aliphatic carbocycles. The first-order valence-electron chi connectivity index (χ1n) is 5.26. The summed E-state index contributed by atoms with van der Waals surface area (Å²) in [4.78, 5) is 3.86. The molecule has 1 rings (SSSR count). The Kier molecular flexibility index (Phi) is 6.55. The zero-order valence-electron chi connectivity index (χ0n) is 10.6. The molecule has 6 nitrogen and oxygen atoms in total. The summed E-state index contributed by atoms with van der Waals surface area (Å²) in [6.45, 7) is 3.94. The van der Waals surface area contributed by atoms with Crippen LogP contribution in [-0.2, 0) is 10.0 Å². The summed E-state index contributed by atoms with van der Waals surface area (Å²) < 4.78 is 26.4. The molecule has 0 aromatic carbocycles. The van der Waals surface area contributed by atoms with Gasteiger partial charge in [0, 0.05) is 18.8 Å². The van der Waals surface area contributed by atoms with Crippen molar-refractivity contribution in [3.63, 3.8) is 0 Å². The third-order valence-electron chi connectivity index (χ3n) is 2.38. The van der Waals surface area contributed by atoms with Gasteiger partial charge in [0.2, 0.25) is 10.0 Å². The number of nitrogens with zero attached hydrogens (tertiary/aromatic N) is 1. The summed E-state index contributed by atoms with van der Waals surface area (Å²) in [5, 5.41) is 2.94. The topological polar surface area (TPSA) is 97.1 Å². The lowest BCUT2D eigenvalue weighted by molar-refractivity contribution is 0.554. The molecule has 104 valence electrons. The van der Waals surface area contributed by atoms with Crippen molar-refractivity contribution in [3.05, 3.63) is 17.8 Å². The highest BCUT2D eigenvalue weighted by molar-refractivity contribution is 7.89. The minimum absolute atomic E-state index is 0. The number of hydrogen-bond donors (Lipinski definition) is 3. The van der Waals surface area contributed by atoms with Crippen LogP contribution in [0.1, 0.15) is 12.5 Å². The number of aromatic nitrogens is 1. The van der Waals surface area contributed by atoms with Gasteiger partial charge in [-0.25, -0.2) is 18.1 Å². The first-order chi connectivity index (χ1) is 7.86. The Balaban J connectivity index is 0.00000289. The number of hydrogen-bond acceptors (Lipinski definition) is 5. The van der Waals surface area contributed by atoms with Crippen LogP contribution in [0.2, 0.25) is 0 Å². The summed E-state index contributed by atoms with van der Waals surface area (Å²) in [5.74, 6) is 0.0141. The van der Waals surface area contributed by atoms with Gasteiger partial charge in [0.05, 0.1) is 0 Å². The van der Waals surface area contributed by atoms with Crippen molar-refractivity contribution in [2.75, 3.05) is 19.3 Å². The lowest BCUT2D eigenvalue weighted by Gasteiger charge is -2.13. The molecule has 1 unspecified atom stereocenters. The van der Waals surface area contributed by atoms with E-state index in [0.29, 0.717) is 6.54 Å². The van der Waals surface area contributed by atoms with E-state index in [1.165, 1.54) is 12.3 Å². The van der Waals surface area contributed by atoms with Crippen molar-refractivity contribution < 1.29 is 8.42 Å². The maximum Gasteiger partial charge on any atom is 0.244 e. The molecule has 0 amide bonds. The predicted octanol–water partition coefficient (Wildman–Crippen LogP) is 0.280. The van der Waals surface area contributed by atoms with Crippen LogP contribution in [0.5, 0.6) is 0 Å². The highest BCUT2D eigenvalue weighted by Crippen LogP contribution is 2.16. The Labute approximate surface area is 114 Å². The van der Waals surface area contributed by atoms with E-state index in [1.54, 1.807) is 14.0 Å². The van der Waals surface area contributed by atoms with E-state index >= 15 is 0 Å². The zero-order chi connectivity index (χ0) is 13.1. The Bertz CT molecular complexity index is 493. The third-order valence-corrected chi connectivity index (χ3v) is 3.83. The fraction of sp³-hybridized carbons (Fsp3) is 0.500. The van der Waals surface area contributed by atoms with Crippen LogP contribution in [0.15, 0.2) is 17.2 Å². The van der Waals surface area contributed by atoms with E-state index in [-0.39, 0.29) is 29.2 Å². The minimum Gasteiger partial charge on any atom is -0.383 e. The number of aryl methyl sites for hydroxylation is 1. The van der Waals surface area contributed by atoms with Crippen molar-refractivity contribution >= 4 is 28.2 Å². The fourth-order valence-electron chi connectivity index (χ4n) is 1.18. The van der Waals surface area contributed by atoms with Crippen LogP contribution in [0, 0.1) is 6.92 Å². The lowest BCUT2D eigenvalue weighted by Crippen LogP contribution is -2.37. The molecular weight excluding hydrogens is 276 g/mol. The van der Waals surface area contributed by atoms with Gasteiger partial charge in [0.15, 0.2) is 0 Å². The van der Waals surface area contributed by atoms with Gasteiger partial charge in [-0.3, -0.25) is 0 Å². The number of rotatable bonds is 5. The van der Waals surface area contributed by atoms with Gasteiger partial charge in [0.25, 0.3) is 0 Å². The van der Waals surface area contributed by atoms with Crippen LogP contribution in [-0.4, -0.2) is 33.0 Å². The molecule has 1 aromatic heterocycles. The smallest absolute Gasteiger partial charge is 0.244 e. The van der Waals surface area contributed by atoms with E-state index < -0.39 is 10.0 Å². The first kappa shape index (κ1) is 17.1. The minimum atomic E-state index is -3.60. The number of nitrogens with one attached hydrogen (secondary N) is 2. The quantitative estimate of drug-likeness (QED) is 0.725. The van der Waals surface area contributed by atoms with Crippen molar-refractivity contribution in [3.8, 4) is 0 Å². The summed E-state index contributed by atoms with van der Waals surface area (Å²) >= 11 is 0. The van der Waals surface area contributed by atoms with E-state index in [1.807, 2.05) is 6.92 Å². The maximum absolute atomic E-state index is 12.0. The molecule has 0 aliphatic heterocycles. The number of pyridine rings is 1. The molecule has 0 spiro atoms. The van der Waals surface area contributed by atoms with Crippen LogP contribution >= 0.6 is 12.4 Å². The zero-order valence-corrected chi connectivity index (χ0v) is 12.2. The molecular formula is C10H19ClN4O2S. The van der Waals surface area contributed by atoms with Crippen LogP contribution in [0.3, 0.4) is 0 Å². The Morgan fingerprint density at radius 3 is 2.67 bits per heavy atom. The highest BCUT2D eigenvalue weighted by atomic mass is 35.5. The number of likely N-dealkylation sites (N-methyl/N-ethyl adjacent to an activating group) is 1. The Morgan fingerprint density at radius 1 is 1.50 bits per heavy atom. The van der Waals surface area contributed by atoms with Crippen molar-refractivity contribution in [1.82, 2.24) is 15.0 Å². The molecule has 0 saturated carbocycles. The van der Waals surface area contributed by atoms with Crippen molar-refractivity contribution in [2.45, 2.75) is 24.8 Å². The second-order valence-electron chi connectivity index (χ2n) is 3.94. The van der Waals surface area contributed by atoms with E-state index in [2.05, 4.69) is 15.0 Å². The molecule has 1 heterocycles. The van der Waals surface area contributed by atoms with Gasteiger partial charge in [-0.1, -0.05) is 0 Å². The van der Waals surface area contributed by atoms with Crippen LogP contribution in [0.4, 0.5) is 5.82 Å². The number of anilines is 1. The van der Waals surface area contributed by atoms with Crippen molar-refractivity contribution in [2.24, 2.45) is 0 Å². The molecule has 18 heavy (non-hydrogen) atoms. The lowest BCUT2D eigenvalue weighted by atomic mass is 10.3. The largest absolute Gasteiger partial charge is 0.383 e. The summed E-state index contributed by atoms with van der Waals surface area (Å²) in [6, 6.07) is 1.55. The van der Waals surface area contributed by atoms with Crippen LogP contribution < -0.4 is 15.8 Å². The molecule has 1 aromatic rings. The van der Waals surface area contributed by atoms with E-state index in [0.717, 1.165) is 5.56 Å². The first-order valence-corrected chi connectivity index (χ1v) is 6.74. The van der Waals surface area contributed by atoms with Gasteiger partial charge >= 0.3 is 0 Å². The maximum atomic E-state index is 12.0. The average molecular weight is 295 g/mol. The summed E-state index contributed by atoms with van der Waals surface area (Å²) in [6.07, 6.45) is 1.53. The molecule has 8 heteroatoms. The SMILES string of the molecule is CNC(C)CNS(=O)(=O)c1cc(C)cnc1N.Cl. The van der Waals surface area contributed by atoms with Gasteiger partial charge in [-0.15, -0.1) is 12.4 Å². The molecule has 1 atom stereocenters. The normalized spacial score (nSPS) is 12.8. The van der Waals surface area contributed by atoms with Crippen LogP contribution in [0.25, 0.3) is 0 Å². The monoisotopic (exact) mass is 294 g/mol. The Hall–Kier alpha value is -0.890. The molecule has 0 fully saturated rings. The predicted molar refractivity (Wildman–Crippen MR) is 74.3 cm³/mol. The van der Waals surface area contributed by atoms with Crippen molar-refractivity contribution in [1.29, 1.82) is 0 Å². The fourth-order valence-corrected chi connectivity index (χ4v) is 2.48. The van der Waals surface area contributed by atoms with Gasteiger partial charge < -0.3 is 11.1 Å². The number of sulfonamides is 1. The molecule has 0 radical (unpaired) electrons. The van der Waals surface area contributed by atoms with E-state index in [4.69, 9.17) is 5.73 Å². The number of halogens is 1. The summed E-state index contributed by atoms with van der Waals surface area (Å²) in [5.41, 5.74) is 6.32. The summed E-state index contributed by atoms with van der Waals surface area (Å²) in [7, 11) is -1.83. The molecule has 0 bridgehead atoms.